The van der Waals surface area contributed by atoms with Crippen LogP contribution in [0.25, 0.3) is 0 Å². The molecule has 2 rings (SSSR count). The summed E-state index contributed by atoms with van der Waals surface area (Å²) in [6.45, 7) is 0. The maximum Gasteiger partial charge on any atom is 0.288 e. The number of thioether (sulfide) groups is 1. The molecule has 0 spiro atoms. The molecule has 1 aromatic rings. The Morgan fingerprint density at radius 1 is 1.29 bits per heavy atom. The van der Waals surface area contributed by atoms with E-state index in [1.807, 2.05) is 12.1 Å². The van der Waals surface area contributed by atoms with Crippen LogP contribution in [0, 0.1) is 0 Å². The summed E-state index contributed by atoms with van der Waals surface area (Å²) in [5.74, 6) is -1.90. The topological polar surface area (TPSA) is 26.0 Å². The molecule has 2 N–H and O–H groups in total. The van der Waals surface area contributed by atoms with Gasteiger partial charge in [-0.25, -0.2) is 0 Å². The summed E-state index contributed by atoms with van der Waals surface area (Å²) in [6.07, 6.45) is 1.02. The van der Waals surface area contributed by atoms with Gasteiger partial charge in [0.2, 0.25) is 0 Å². The van der Waals surface area contributed by atoms with Crippen molar-refractivity contribution in [3.63, 3.8) is 0 Å². The molecular weight excluding hydrogens is 204 g/mol. The van der Waals surface area contributed by atoms with Crippen LogP contribution in [0.2, 0.25) is 0 Å². The maximum absolute atomic E-state index is 12.0. The normalized spacial score (nSPS) is 25.4. The average Bonchev–Trinajstić information content (AvgIpc) is 2.83. The second-order valence-electron chi connectivity index (χ2n) is 3.45. The highest BCUT2D eigenvalue weighted by atomic mass is 32.2. The van der Waals surface area contributed by atoms with Gasteiger partial charge in [-0.3, -0.25) is 0 Å². The monoisotopic (exact) mass is 215 g/mol. The largest absolute Gasteiger partial charge is 0.327 e. The zero-order valence-corrected chi connectivity index (χ0v) is 8.31. The molecule has 2 unspecified atom stereocenters. The molecule has 0 saturated heterocycles. The van der Waals surface area contributed by atoms with E-state index in [9.17, 15) is 8.78 Å². The molecule has 0 aromatic heterocycles. The summed E-state index contributed by atoms with van der Waals surface area (Å²) < 4.78 is 24.0. The van der Waals surface area contributed by atoms with Crippen molar-refractivity contribution >= 4 is 11.8 Å². The van der Waals surface area contributed by atoms with E-state index in [2.05, 4.69) is 0 Å². The first-order chi connectivity index (χ1) is 6.66. The Balaban J connectivity index is 2.03. The second kappa shape index (κ2) is 3.87. The second-order valence-corrected chi connectivity index (χ2v) is 4.52. The fourth-order valence-electron chi connectivity index (χ4n) is 1.49. The van der Waals surface area contributed by atoms with Gasteiger partial charge in [-0.05, 0) is 24.1 Å². The van der Waals surface area contributed by atoms with Crippen molar-refractivity contribution in [1.82, 2.24) is 0 Å². The minimum atomic E-state index is -2.34. The first-order valence-corrected chi connectivity index (χ1v) is 5.35. The van der Waals surface area contributed by atoms with E-state index in [1.165, 1.54) is 0 Å². The lowest BCUT2D eigenvalue weighted by atomic mass is 10.1. The number of rotatable bonds is 3. The van der Waals surface area contributed by atoms with Crippen LogP contribution < -0.4 is 5.73 Å². The van der Waals surface area contributed by atoms with E-state index >= 15 is 0 Å². The summed E-state index contributed by atoms with van der Waals surface area (Å²) in [7, 11) is 0. The van der Waals surface area contributed by atoms with E-state index < -0.39 is 5.76 Å². The van der Waals surface area contributed by atoms with Gasteiger partial charge in [0.1, 0.15) is 0 Å². The predicted octanol–water partition coefficient (Wildman–Crippen LogP) is 2.82. The SMILES string of the molecule is NC1CC1c1ccc(SC(F)F)cc1. The molecule has 76 valence electrons. The van der Waals surface area contributed by atoms with Gasteiger partial charge in [-0.1, -0.05) is 23.9 Å². The molecule has 1 aliphatic carbocycles. The van der Waals surface area contributed by atoms with Crippen LogP contribution in [-0.4, -0.2) is 11.8 Å². The fourth-order valence-corrected chi connectivity index (χ4v) is 1.99. The van der Waals surface area contributed by atoms with Crippen LogP contribution in [0.1, 0.15) is 17.9 Å². The van der Waals surface area contributed by atoms with Crippen molar-refractivity contribution < 1.29 is 8.78 Å². The Bertz CT molecular complexity index is 312. The molecular formula is C10H11F2NS. The Kier molecular flexibility index (Phi) is 2.74. The zero-order chi connectivity index (χ0) is 10.1. The van der Waals surface area contributed by atoms with Crippen molar-refractivity contribution in [2.75, 3.05) is 0 Å². The molecule has 0 radical (unpaired) electrons. The van der Waals surface area contributed by atoms with Gasteiger partial charge in [0.05, 0.1) is 0 Å². The third-order valence-electron chi connectivity index (χ3n) is 2.37. The molecule has 0 heterocycles. The number of halogens is 2. The van der Waals surface area contributed by atoms with Crippen molar-refractivity contribution in [2.45, 2.75) is 29.0 Å². The molecule has 1 aliphatic rings. The van der Waals surface area contributed by atoms with E-state index in [1.54, 1.807) is 12.1 Å². The van der Waals surface area contributed by atoms with E-state index in [4.69, 9.17) is 5.73 Å². The summed E-state index contributed by atoms with van der Waals surface area (Å²) in [6, 6.07) is 7.52. The van der Waals surface area contributed by atoms with Gasteiger partial charge in [-0.2, -0.15) is 8.78 Å². The third kappa shape index (κ3) is 2.25. The van der Waals surface area contributed by atoms with Gasteiger partial charge in [0.25, 0.3) is 5.76 Å². The van der Waals surface area contributed by atoms with Crippen LogP contribution in [0.15, 0.2) is 29.2 Å². The van der Waals surface area contributed by atoms with Gasteiger partial charge < -0.3 is 5.73 Å². The molecule has 1 aromatic carbocycles. The highest BCUT2D eigenvalue weighted by Crippen LogP contribution is 2.39. The average molecular weight is 215 g/mol. The first kappa shape index (κ1) is 9.93. The molecule has 14 heavy (non-hydrogen) atoms. The van der Waals surface area contributed by atoms with Crippen LogP contribution in [-0.2, 0) is 0 Å². The van der Waals surface area contributed by atoms with E-state index in [0.29, 0.717) is 22.6 Å². The Morgan fingerprint density at radius 2 is 1.86 bits per heavy atom. The Hall–Kier alpha value is -0.610. The van der Waals surface area contributed by atoms with Crippen LogP contribution >= 0.6 is 11.8 Å². The van der Waals surface area contributed by atoms with Crippen LogP contribution in [0.3, 0.4) is 0 Å². The molecule has 1 fully saturated rings. The molecule has 0 aliphatic heterocycles. The smallest absolute Gasteiger partial charge is 0.288 e. The van der Waals surface area contributed by atoms with Crippen LogP contribution in [0.4, 0.5) is 8.78 Å². The lowest BCUT2D eigenvalue weighted by Crippen LogP contribution is -2.00. The summed E-state index contributed by atoms with van der Waals surface area (Å²) in [5.41, 5.74) is 6.86. The molecule has 0 amide bonds. The summed E-state index contributed by atoms with van der Waals surface area (Å²) in [4.78, 5) is 0.609. The summed E-state index contributed by atoms with van der Waals surface area (Å²) in [5, 5.41) is 0. The van der Waals surface area contributed by atoms with Crippen molar-refractivity contribution in [3.8, 4) is 0 Å². The molecule has 1 saturated carbocycles. The lowest BCUT2D eigenvalue weighted by molar-refractivity contribution is 0.252. The van der Waals surface area contributed by atoms with Crippen molar-refractivity contribution in [1.29, 1.82) is 0 Å². The van der Waals surface area contributed by atoms with Crippen LogP contribution in [0.5, 0.6) is 0 Å². The Labute approximate surface area is 85.7 Å². The van der Waals surface area contributed by atoms with Gasteiger partial charge in [0, 0.05) is 16.9 Å². The minimum Gasteiger partial charge on any atom is -0.327 e. The zero-order valence-electron chi connectivity index (χ0n) is 7.49. The quantitative estimate of drug-likeness (QED) is 0.785. The third-order valence-corrected chi connectivity index (χ3v) is 3.10. The van der Waals surface area contributed by atoms with Crippen molar-refractivity contribution in [2.24, 2.45) is 5.73 Å². The fraction of sp³-hybridized carbons (Fsp3) is 0.400. The highest BCUT2D eigenvalue weighted by molar-refractivity contribution is 7.99. The van der Waals surface area contributed by atoms with Gasteiger partial charge in [-0.15, -0.1) is 0 Å². The van der Waals surface area contributed by atoms with Crippen molar-refractivity contribution in [3.05, 3.63) is 29.8 Å². The summed E-state index contributed by atoms with van der Waals surface area (Å²) >= 11 is 0.575. The molecule has 0 bridgehead atoms. The molecule has 2 atom stereocenters. The predicted molar refractivity (Wildman–Crippen MR) is 53.6 cm³/mol. The number of nitrogens with two attached hydrogens (primary N) is 1. The van der Waals surface area contributed by atoms with E-state index in [-0.39, 0.29) is 6.04 Å². The maximum atomic E-state index is 12.0. The number of hydrogen-bond donors (Lipinski definition) is 1. The molecule has 1 nitrogen and oxygen atoms in total. The Morgan fingerprint density at radius 3 is 2.29 bits per heavy atom. The standard InChI is InChI=1S/C10H11F2NS/c11-10(12)14-7-3-1-6(2-4-7)8-5-9(8)13/h1-4,8-10H,5,13H2. The number of alkyl halides is 2. The first-order valence-electron chi connectivity index (χ1n) is 4.47. The van der Waals surface area contributed by atoms with Gasteiger partial charge >= 0.3 is 0 Å². The molecule has 4 heteroatoms. The lowest BCUT2D eigenvalue weighted by Gasteiger charge is -2.02. The van der Waals surface area contributed by atoms with Gasteiger partial charge in [0.15, 0.2) is 0 Å². The van der Waals surface area contributed by atoms with E-state index in [0.717, 1.165) is 12.0 Å². The number of hydrogen-bond acceptors (Lipinski definition) is 2. The number of benzene rings is 1. The highest BCUT2D eigenvalue weighted by Gasteiger charge is 2.34. The minimum absolute atomic E-state index is 0.267.